The zero-order valence-corrected chi connectivity index (χ0v) is 17.6. The highest BCUT2D eigenvalue weighted by Crippen LogP contribution is 2.15. The lowest BCUT2D eigenvalue weighted by molar-refractivity contribution is -0.121. The Morgan fingerprint density at radius 3 is 2.47 bits per heavy atom. The summed E-state index contributed by atoms with van der Waals surface area (Å²) in [5.74, 6) is 0.660. The normalized spacial score (nSPS) is 10.8. The van der Waals surface area contributed by atoms with Crippen LogP contribution in [0.1, 0.15) is 5.56 Å². The number of nitrogens with one attached hydrogen (secondary N) is 1. The molecule has 0 spiro atoms. The molecule has 4 aromatic rings. The van der Waals surface area contributed by atoms with E-state index in [2.05, 4.69) is 15.3 Å². The van der Waals surface area contributed by atoms with Crippen molar-refractivity contribution in [1.29, 1.82) is 0 Å². The van der Waals surface area contributed by atoms with E-state index in [0.717, 1.165) is 15.7 Å². The summed E-state index contributed by atoms with van der Waals surface area (Å²) in [5, 5.41) is 2.88. The van der Waals surface area contributed by atoms with Gasteiger partial charge in [-0.05, 0) is 17.7 Å². The molecule has 0 radical (unpaired) electrons. The summed E-state index contributed by atoms with van der Waals surface area (Å²) in [6.07, 6.45) is 1.39. The highest BCUT2D eigenvalue weighted by Gasteiger charge is 2.16. The molecule has 0 atom stereocenters. The first-order valence-corrected chi connectivity index (χ1v) is 9.89. The summed E-state index contributed by atoms with van der Waals surface area (Å²) in [6, 6.07) is 16.5. The molecule has 9 nitrogen and oxygen atoms in total. The van der Waals surface area contributed by atoms with E-state index in [0.29, 0.717) is 11.6 Å². The van der Waals surface area contributed by atoms with Crippen molar-refractivity contribution in [3.05, 3.63) is 87.2 Å². The van der Waals surface area contributed by atoms with Gasteiger partial charge in [0.2, 0.25) is 5.91 Å². The second-order valence-corrected chi connectivity index (χ2v) is 7.15. The Morgan fingerprint density at radius 1 is 1.06 bits per heavy atom. The van der Waals surface area contributed by atoms with E-state index in [1.807, 2.05) is 42.5 Å². The number of carbonyl (C=O) groups is 1. The van der Waals surface area contributed by atoms with Crippen LogP contribution in [0.3, 0.4) is 0 Å². The first-order valence-electron chi connectivity index (χ1n) is 9.89. The van der Waals surface area contributed by atoms with Gasteiger partial charge in [-0.3, -0.25) is 18.7 Å². The molecule has 32 heavy (non-hydrogen) atoms. The number of nitrogens with zero attached hydrogens (tertiary/aromatic N) is 4. The van der Waals surface area contributed by atoms with E-state index in [1.54, 1.807) is 19.2 Å². The zero-order chi connectivity index (χ0) is 22.7. The highest BCUT2D eigenvalue weighted by molar-refractivity contribution is 5.78. The summed E-state index contributed by atoms with van der Waals surface area (Å²) in [4.78, 5) is 46.8. The second kappa shape index (κ2) is 8.84. The van der Waals surface area contributed by atoms with Gasteiger partial charge in [-0.2, -0.15) is 0 Å². The number of amides is 1. The fourth-order valence-corrected chi connectivity index (χ4v) is 3.29. The van der Waals surface area contributed by atoms with Crippen LogP contribution >= 0.6 is 0 Å². The van der Waals surface area contributed by atoms with E-state index in [4.69, 9.17) is 4.74 Å². The number of ether oxygens (including phenoxy) is 1. The molecule has 162 valence electrons. The van der Waals surface area contributed by atoms with Crippen LogP contribution in [0.25, 0.3) is 22.4 Å². The zero-order valence-electron chi connectivity index (χ0n) is 17.6. The summed E-state index contributed by atoms with van der Waals surface area (Å²) in [6.45, 7) is -0.146. The molecule has 2 heterocycles. The monoisotopic (exact) mass is 431 g/mol. The molecule has 0 aliphatic rings. The Hall–Kier alpha value is -4.27. The van der Waals surface area contributed by atoms with Crippen molar-refractivity contribution in [1.82, 2.24) is 24.4 Å². The third-order valence-corrected chi connectivity index (χ3v) is 5.06. The van der Waals surface area contributed by atoms with Gasteiger partial charge in [-0.15, -0.1) is 0 Å². The van der Waals surface area contributed by atoms with Crippen LogP contribution in [-0.2, 0) is 24.9 Å². The van der Waals surface area contributed by atoms with Gasteiger partial charge in [-0.1, -0.05) is 42.5 Å². The molecule has 0 aliphatic carbocycles. The van der Waals surface area contributed by atoms with Gasteiger partial charge in [0.1, 0.15) is 17.7 Å². The second-order valence-electron chi connectivity index (χ2n) is 7.15. The third-order valence-electron chi connectivity index (χ3n) is 5.06. The Labute approximate surface area is 182 Å². The van der Waals surface area contributed by atoms with E-state index in [1.165, 1.54) is 17.8 Å². The lowest BCUT2D eigenvalue weighted by Gasteiger charge is -2.11. The number of rotatable bonds is 6. The average molecular weight is 431 g/mol. The molecule has 0 saturated heterocycles. The molecule has 9 heteroatoms. The maximum Gasteiger partial charge on any atom is 0.332 e. The lowest BCUT2D eigenvalue weighted by atomic mass is 10.2. The molecular formula is C23H21N5O4. The van der Waals surface area contributed by atoms with Crippen LogP contribution < -0.4 is 21.3 Å². The van der Waals surface area contributed by atoms with Crippen LogP contribution in [0, 0.1) is 0 Å². The predicted octanol–water partition coefficient (Wildman–Crippen LogP) is 1.48. The Morgan fingerprint density at radius 2 is 1.78 bits per heavy atom. The van der Waals surface area contributed by atoms with E-state index >= 15 is 0 Å². The molecule has 1 amide bonds. The van der Waals surface area contributed by atoms with E-state index < -0.39 is 23.7 Å². The molecule has 0 aliphatic heterocycles. The molecular weight excluding hydrogens is 410 g/mol. The van der Waals surface area contributed by atoms with Crippen molar-refractivity contribution >= 4 is 16.9 Å². The summed E-state index contributed by atoms with van der Waals surface area (Å²) < 4.78 is 7.24. The average Bonchev–Trinajstić information content (AvgIpc) is 2.84. The quantitative estimate of drug-likeness (QED) is 0.496. The maximum atomic E-state index is 12.9. The van der Waals surface area contributed by atoms with Crippen LogP contribution in [0.15, 0.2) is 70.4 Å². The van der Waals surface area contributed by atoms with E-state index in [9.17, 15) is 14.4 Å². The van der Waals surface area contributed by atoms with Gasteiger partial charge in [0.25, 0.3) is 5.56 Å². The predicted molar refractivity (Wildman–Crippen MR) is 119 cm³/mol. The van der Waals surface area contributed by atoms with E-state index in [-0.39, 0.29) is 17.6 Å². The number of benzene rings is 2. The van der Waals surface area contributed by atoms with Gasteiger partial charge < -0.3 is 10.1 Å². The molecule has 1 N–H and O–H groups in total. The minimum Gasteiger partial charge on any atom is -0.497 e. The first kappa shape index (κ1) is 21.0. The number of methoxy groups -OCH3 is 1. The minimum absolute atomic E-state index is 0.162. The van der Waals surface area contributed by atoms with Crippen LogP contribution in [0.5, 0.6) is 5.75 Å². The summed E-state index contributed by atoms with van der Waals surface area (Å²) in [5.41, 5.74) is 0.606. The third kappa shape index (κ3) is 4.13. The summed E-state index contributed by atoms with van der Waals surface area (Å²) >= 11 is 0. The number of fused-ring (bicyclic) bond motifs is 1. The maximum absolute atomic E-state index is 12.9. The standard InChI is InChI=1S/C23H21N5O4/c1-27-21-18(13-25-20(26-21)16-6-4-3-5-7-16)22(30)28(23(27)31)14-19(29)24-12-15-8-10-17(32-2)11-9-15/h3-11,13H,12,14H2,1-2H3,(H,24,29). The number of carbonyl (C=O) groups excluding carboxylic acids is 1. The lowest BCUT2D eigenvalue weighted by Crippen LogP contribution is -2.43. The number of hydrogen-bond acceptors (Lipinski definition) is 6. The Kier molecular flexibility index (Phi) is 5.80. The minimum atomic E-state index is -0.625. The fraction of sp³-hybridized carbons (Fsp3) is 0.174. The summed E-state index contributed by atoms with van der Waals surface area (Å²) in [7, 11) is 3.09. The van der Waals surface area contributed by atoms with Crippen molar-refractivity contribution in [2.45, 2.75) is 13.1 Å². The molecule has 0 saturated carbocycles. The molecule has 4 rings (SSSR count). The van der Waals surface area contributed by atoms with Crippen molar-refractivity contribution in [3.63, 3.8) is 0 Å². The van der Waals surface area contributed by atoms with Gasteiger partial charge in [0.05, 0.1) is 7.11 Å². The van der Waals surface area contributed by atoms with Gasteiger partial charge in [0, 0.05) is 25.4 Å². The van der Waals surface area contributed by atoms with Gasteiger partial charge in [-0.25, -0.2) is 14.8 Å². The van der Waals surface area contributed by atoms with Crippen LogP contribution in [0.4, 0.5) is 0 Å². The molecule has 0 unspecified atom stereocenters. The Balaban J connectivity index is 1.59. The van der Waals surface area contributed by atoms with Crippen molar-refractivity contribution in [3.8, 4) is 17.1 Å². The van der Waals surface area contributed by atoms with Crippen LogP contribution in [-0.4, -0.2) is 32.1 Å². The molecule has 0 bridgehead atoms. The molecule has 2 aromatic carbocycles. The first-order chi connectivity index (χ1) is 15.5. The SMILES string of the molecule is COc1ccc(CNC(=O)Cn2c(=O)c3cnc(-c4ccccc4)nc3n(C)c2=O)cc1. The number of hydrogen-bond donors (Lipinski definition) is 1. The smallest absolute Gasteiger partial charge is 0.332 e. The highest BCUT2D eigenvalue weighted by atomic mass is 16.5. The fourth-order valence-electron chi connectivity index (χ4n) is 3.29. The van der Waals surface area contributed by atoms with Crippen molar-refractivity contribution in [2.24, 2.45) is 7.05 Å². The van der Waals surface area contributed by atoms with Crippen molar-refractivity contribution < 1.29 is 9.53 Å². The van der Waals surface area contributed by atoms with Gasteiger partial charge >= 0.3 is 5.69 Å². The van der Waals surface area contributed by atoms with Gasteiger partial charge in [0.15, 0.2) is 11.5 Å². The number of aryl methyl sites for hydroxylation is 1. The Bertz CT molecular complexity index is 1390. The molecule has 0 fully saturated rings. The van der Waals surface area contributed by atoms with Crippen molar-refractivity contribution in [2.75, 3.05) is 7.11 Å². The topological polar surface area (TPSA) is 108 Å². The largest absolute Gasteiger partial charge is 0.497 e. The number of aromatic nitrogens is 4. The molecule has 2 aromatic heterocycles. The van der Waals surface area contributed by atoms with Crippen LogP contribution in [0.2, 0.25) is 0 Å².